The zero-order chi connectivity index (χ0) is 22.0. The van der Waals surface area contributed by atoms with E-state index in [9.17, 15) is 8.42 Å². The monoisotopic (exact) mass is 454 g/mol. The number of aryl methyl sites for hydroxylation is 1. The summed E-state index contributed by atoms with van der Waals surface area (Å²) in [7, 11) is -0.503. The molecule has 0 unspecified atom stereocenters. The molecule has 0 aliphatic rings. The molecular weight excluding hydrogens is 418 g/mol. The number of halogens is 1. The molecular formula is C23H37ClN3O2S+. The molecule has 0 fully saturated rings. The Morgan fingerprint density at radius 2 is 1.43 bits per heavy atom. The zero-order valence-electron chi connectivity index (χ0n) is 18.7. The normalized spacial score (nSPS) is 12.0. The van der Waals surface area contributed by atoms with Crippen LogP contribution in [0.5, 0.6) is 0 Å². The Hall–Kier alpha value is -1.37. The summed E-state index contributed by atoms with van der Waals surface area (Å²) in [4.78, 5) is 0. The topological polar surface area (TPSA) is 46.2 Å². The fourth-order valence-corrected chi connectivity index (χ4v) is 4.73. The van der Waals surface area contributed by atoms with Crippen molar-refractivity contribution in [2.45, 2.75) is 77.7 Å². The molecule has 0 spiro atoms. The predicted molar refractivity (Wildman–Crippen MR) is 125 cm³/mol. The van der Waals surface area contributed by atoms with Gasteiger partial charge in [0.15, 0.2) is 0 Å². The van der Waals surface area contributed by atoms with Gasteiger partial charge in [-0.3, -0.25) is 0 Å². The average molecular weight is 455 g/mol. The Morgan fingerprint density at radius 3 is 1.97 bits per heavy atom. The van der Waals surface area contributed by atoms with Crippen LogP contribution in [-0.2, 0) is 16.8 Å². The standard InChI is InChI=1S/C23H37ClN3O2S/c1-4-5-6-7-8-9-10-11-12-13-18-26-19-20-27(30(28,29)25(2)3)23(26)21-14-16-22(24)17-15-21/h14-17,19-20H,4-13,18H2,1-3H3/q+1. The summed E-state index contributed by atoms with van der Waals surface area (Å²) in [5.74, 6) is 0.663. The average Bonchev–Trinajstić information content (AvgIpc) is 3.14. The molecule has 2 aromatic rings. The maximum atomic E-state index is 12.8. The van der Waals surface area contributed by atoms with E-state index in [1.54, 1.807) is 32.4 Å². The van der Waals surface area contributed by atoms with E-state index in [0.717, 1.165) is 24.9 Å². The van der Waals surface area contributed by atoms with E-state index in [1.165, 1.54) is 59.6 Å². The maximum Gasteiger partial charge on any atom is 0.379 e. The van der Waals surface area contributed by atoms with E-state index < -0.39 is 10.2 Å². The van der Waals surface area contributed by atoms with Crippen molar-refractivity contribution in [3.05, 3.63) is 41.7 Å². The van der Waals surface area contributed by atoms with Crippen molar-refractivity contribution in [2.75, 3.05) is 14.1 Å². The van der Waals surface area contributed by atoms with Crippen LogP contribution >= 0.6 is 11.6 Å². The van der Waals surface area contributed by atoms with Crippen LogP contribution in [0.2, 0.25) is 5.02 Å². The molecule has 0 N–H and O–H groups in total. The lowest BCUT2D eigenvalue weighted by atomic mass is 10.1. The number of benzene rings is 1. The first-order valence-corrected chi connectivity index (χ1v) is 12.9. The highest BCUT2D eigenvalue weighted by molar-refractivity contribution is 7.87. The van der Waals surface area contributed by atoms with Gasteiger partial charge in [-0.15, -0.1) is 3.97 Å². The lowest BCUT2D eigenvalue weighted by Crippen LogP contribution is -2.37. The van der Waals surface area contributed by atoms with Crippen molar-refractivity contribution in [1.82, 2.24) is 8.28 Å². The van der Waals surface area contributed by atoms with Crippen molar-refractivity contribution < 1.29 is 13.0 Å². The second-order valence-corrected chi connectivity index (χ2v) is 10.5. The van der Waals surface area contributed by atoms with Crippen LogP contribution in [0.15, 0.2) is 36.7 Å². The quantitative estimate of drug-likeness (QED) is 0.272. The van der Waals surface area contributed by atoms with Gasteiger partial charge < -0.3 is 0 Å². The van der Waals surface area contributed by atoms with Crippen LogP contribution in [0.4, 0.5) is 0 Å². The number of nitrogens with zero attached hydrogens (tertiary/aromatic N) is 3. The minimum absolute atomic E-state index is 0.633. The minimum Gasteiger partial charge on any atom is -0.229 e. The molecule has 1 aromatic heterocycles. The largest absolute Gasteiger partial charge is 0.379 e. The van der Waals surface area contributed by atoms with Crippen LogP contribution in [-0.4, -0.2) is 30.8 Å². The summed E-state index contributed by atoms with van der Waals surface area (Å²) in [6.07, 6.45) is 16.3. The first kappa shape index (κ1) is 24.9. The zero-order valence-corrected chi connectivity index (χ0v) is 20.3. The molecule has 5 nitrogen and oxygen atoms in total. The molecule has 0 saturated heterocycles. The Balaban J connectivity index is 1.98. The fraction of sp³-hybridized carbons (Fsp3) is 0.609. The second-order valence-electron chi connectivity index (χ2n) is 8.09. The molecule has 0 saturated carbocycles. The summed E-state index contributed by atoms with van der Waals surface area (Å²) < 4.78 is 30.2. The lowest BCUT2D eigenvalue weighted by Gasteiger charge is -2.10. The SMILES string of the molecule is CCCCCCCCCCCC[n+]1ccn(S(=O)(=O)N(C)C)c1-c1ccc(Cl)cc1. The first-order chi connectivity index (χ1) is 14.4. The number of imidazole rings is 1. The molecule has 0 amide bonds. The van der Waals surface area contributed by atoms with Crippen LogP contribution in [0.25, 0.3) is 11.4 Å². The van der Waals surface area contributed by atoms with Gasteiger partial charge in [-0.1, -0.05) is 69.9 Å². The Morgan fingerprint density at radius 1 is 0.900 bits per heavy atom. The van der Waals surface area contributed by atoms with Crippen molar-refractivity contribution in [2.24, 2.45) is 0 Å². The van der Waals surface area contributed by atoms with Gasteiger partial charge in [0.2, 0.25) is 0 Å². The molecule has 0 aliphatic heterocycles. The van der Waals surface area contributed by atoms with Gasteiger partial charge in [0.05, 0.1) is 12.1 Å². The molecule has 7 heteroatoms. The van der Waals surface area contributed by atoms with Crippen molar-refractivity contribution in [3.63, 3.8) is 0 Å². The number of hydrogen-bond acceptors (Lipinski definition) is 2. The third kappa shape index (κ3) is 7.10. The molecule has 0 bridgehead atoms. The van der Waals surface area contributed by atoms with E-state index in [1.807, 2.05) is 22.9 Å². The van der Waals surface area contributed by atoms with Crippen molar-refractivity contribution >= 4 is 21.8 Å². The van der Waals surface area contributed by atoms with Crippen molar-refractivity contribution in [3.8, 4) is 11.4 Å². The molecule has 0 atom stereocenters. The summed E-state index contributed by atoms with van der Waals surface area (Å²) >= 11 is 6.03. The number of unbranched alkanes of at least 4 members (excludes halogenated alkanes) is 9. The Bertz CT molecular complexity index is 861. The smallest absolute Gasteiger partial charge is 0.229 e. The second kappa shape index (κ2) is 12.5. The molecule has 0 radical (unpaired) electrons. The number of rotatable bonds is 14. The van der Waals surface area contributed by atoms with Gasteiger partial charge in [0.25, 0.3) is 0 Å². The molecule has 1 heterocycles. The molecule has 30 heavy (non-hydrogen) atoms. The third-order valence-electron chi connectivity index (χ3n) is 5.43. The van der Waals surface area contributed by atoms with Crippen LogP contribution in [0.3, 0.4) is 0 Å². The molecule has 168 valence electrons. The van der Waals surface area contributed by atoms with Crippen LogP contribution in [0.1, 0.15) is 71.1 Å². The highest BCUT2D eigenvalue weighted by atomic mass is 35.5. The first-order valence-electron chi connectivity index (χ1n) is 11.2. The van der Waals surface area contributed by atoms with Crippen LogP contribution in [0, 0.1) is 0 Å². The summed E-state index contributed by atoms with van der Waals surface area (Å²) in [5.41, 5.74) is 0.835. The Labute approximate surface area is 187 Å². The highest BCUT2D eigenvalue weighted by Gasteiger charge is 2.30. The van der Waals surface area contributed by atoms with Gasteiger partial charge in [0, 0.05) is 19.1 Å². The van der Waals surface area contributed by atoms with Gasteiger partial charge in [0.1, 0.15) is 12.4 Å². The van der Waals surface area contributed by atoms with Crippen molar-refractivity contribution in [1.29, 1.82) is 0 Å². The van der Waals surface area contributed by atoms with E-state index in [4.69, 9.17) is 11.6 Å². The number of hydrogen-bond donors (Lipinski definition) is 0. The molecule has 2 rings (SSSR count). The third-order valence-corrected chi connectivity index (χ3v) is 7.39. The summed E-state index contributed by atoms with van der Waals surface area (Å²) in [6.45, 7) is 3.05. The van der Waals surface area contributed by atoms with Gasteiger partial charge in [-0.05, 0) is 37.1 Å². The highest BCUT2D eigenvalue weighted by Crippen LogP contribution is 2.21. The van der Waals surface area contributed by atoms with Gasteiger partial charge in [-0.25, -0.2) is 4.57 Å². The van der Waals surface area contributed by atoms with E-state index in [0.29, 0.717) is 10.8 Å². The lowest BCUT2D eigenvalue weighted by molar-refractivity contribution is -0.685. The minimum atomic E-state index is -3.60. The molecule has 1 aromatic carbocycles. The predicted octanol–water partition coefficient (Wildman–Crippen LogP) is 5.67. The van der Waals surface area contributed by atoms with Gasteiger partial charge >= 0.3 is 16.0 Å². The maximum absolute atomic E-state index is 12.8. The fourth-order valence-electron chi connectivity index (χ4n) is 3.61. The van der Waals surface area contributed by atoms with E-state index >= 15 is 0 Å². The summed E-state index contributed by atoms with van der Waals surface area (Å²) in [5, 5.41) is 0.633. The van der Waals surface area contributed by atoms with Gasteiger partial charge in [-0.2, -0.15) is 12.7 Å². The molecule has 0 aliphatic carbocycles. The van der Waals surface area contributed by atoms with E-state index in [-0.39, 0.29) is 0 Å². The van der Waals surface area contributed by atoms with E-state index in [2.05, 4.69) is 6.92 Å². The number of aromatic nitrogens is 2. The Kier molecular flexibility index (Phi) is 10.4. The summed E-state index contributed by atoms with van der Waals surface area (Å²) in [6, 6.07) is 7.32. The van der Waals surface area contributed by atoms with Crippen LogP contribution < -0.4 is 4.57 Å².